The molecule has 0 aromatic heterocycles. The molecule has 0 rings (SSSR count). The van der Waals surface area contributed by atoms with Crippen LogP contribution in [0.5, 0.6) is 0 Å². The lowest BCUT2D eigenvalue weighted by Gasteiger charge is -2.21. The lowest BCUT2D eigenvalue weighted by molar-refractivity contribution is 0.469. The summed E-state index contributed by atoms with van der Waals surface area (Å²) in [5.41, 5.74) is 0.500. The van der Waals surface area contributed by atoms with Crippen molar-refractivity contribution < 1.29 is 16.8 Å². The van der Waals surface area contributed by atoms with Crippen LogP contribution in [0.2, 0.25) is 0 Å². The van der Waals surface area contributed by atoms with Gasteiger partial charge in [0.1, 0.15) is 0 Å². The smallest absolute Gasteiger partial charge is 0.210 e. The van der Waals surface area contributed by atoms with E-state index in [0.29, 0.717) is 5.41 Å². The third-order valence-corrected chi connectivity index (χ3v) is 6.08. The number of nitrogens with zero attached hydrogens (tertiary/aromatic N) is 1. The molecule has 124 valence electrons. The molecule has 0 spiro atoms. The Morgan fingerprint density at radius 3 is 1.35 bits per heavy atom. The average Bonchev–Trinajstić information content (AvgIpc) is 2.07. The molecule has 0 radical (unpaired) electrons. The van der Waals surface area contributed by atoms with E-state index < -0.39 is 24.6 Å². The summed E-state index contributed by atoms with van der Waals surface area (Å²) >= 11 is 0. The second kappa shape index (κ2) is 7.22. The monoisotopic (exact) mass is 329 g/mol. The molecule has 0 N–H and O–H groups in total. The van der Waals surface area contributed by atoms with Gasteiger partial charge in [0.2, 0.25) is 10.0 Å². The highest BCUT2D eigenvalue weighted by Crippen LogP contribution is 2.16. The van der Waals surface area contributed by atoms with E-state index in [0.717, 1.165) is 10.6 Å². The molecule has 0 aromatic rings. The Balaban J connectivity index is 0. The van der Waals surface area contributed by atoms with Crippen LogP contribution in [0.4, 0.5) is 0 Å². The Kier molecular flexibility index (Phi) is 8.00. The van der Waals surface area contributed by atoms with Crippen molar-refractivity contribution in [2.75, 3.05) is 25.6 Å². The molecule has 0 amide bonds. The third-order valence-electron chi connectivity index (χ3n) is 2.17. The minimum atomic E-state index is -3.30. The first-order valence-electron chi connectivity index (χ1n) is 6.51. The third kappa shape index (κ3) is 11.7. The molecule has 0 fully saturated rings. The van der Waals surface area contributed by atoms with Crippen molar-refractivity contribution in [3.8, 4) is 0 Å². The number of hydrogen-bond donors (Lipinski definition) is 0. The van der Waals surface area contributed by atoms with Gasteiger partial charge < -0.3 is 0 Å². The maximum atomic E-state index is 11.7. The molecule has 0 bridgehead atoms. The summed E-state index contributed by atoms with van der Waals surface area (Å²) in [5, 5.41) is 0. The van der Waals surface area contributed by atoms with Crippen molar-refractivity contribution in [3.63, 3.8) is 0 Å². The van der Waals surface area contributed by atoms with Crippen LogP contribution in [0.3, 0.4) is 0 Å². The molecule has 0 aliphatic carbocycles. The van der Waals surface area contributed by atoms with Crippen LogP contribution in [0.15, 0.2) is 0 Å². The van der Waals surface area contributed by atoms with E-state index in [2.05, 4.69) is 27.7 Å². The van der Waals surface area contributed by atoms with E-state index in [1.54, 1.807) is 20.8 Å². The van der Waals surface area contributed by atoms with E-state index in [9.17, 15) is 16.8 Å². The Hall–Kier alpha value is -0.140. The molecule has 0 saturated heterocycles. The quantitative estimate of drug-likeness (QED) is 0.792. The van der Waals surface area contributed by atoms with Gasteiger partial charge in [-0.25, -0.2) is 21.1 Å². The summed E-state index contributed by atoms with van der Waals surface area (Å²) in [6, 6.07) is 0. The first kappa shape index (κ1) is 22.1. The van der Waals surface area contributed by atoms with E-state index in [1.165, 1.54) is 7.05 Å². The molecule has 5 nitrogen and oxygen atoms in total. The van der Waals surface area contributed by atoms with Crippen LogP contribution < -0.4 is 0 Å². The second-order valence-electron chi connectivity index (χ2n) is 7.52. The lowest BCUT2D eigenvalue weighted by atomic mass is 10.0. The van der Waals surface area contributed by atoms with E-state index in [-0.39, 0.29) is 12.3 Å². The summed E-state index contributed by atoms with van der Waals surface area (Å²) in [6.45, 7) is 13.5. The van der Waals surface area contributed by atoms with Gasteiger partial charge in [0.15, 0.2) is 9.84 Å². The summed E-state index contributed by atoms with van der Waals surface area (Å²) in [6.07, 6.45) is 1.05. The molecule has 20 heavy (non-hydrogen) atoms. The topological polar surface area (TPSA) is 71.5 Å². The highest BCUT2D eigenvalue weighted by atomic mass is 32.2. The highest BCUT2D eigenvalue weighted by molar-refractivity contribution is 7.92. The van der Waals surface area contributed by atoms with Crippen molar-refractivity contribution in [2.45, 2.75) is 53.2 Å². The van der Waals surface area contributed by atoms with Crippen molar-refractivity contribution in [2.24, 2.45) is 5.41 Å². The maximum absolute atomic E-state index is 11.7. The number of sulfonamides is 1. The first-order chi connectivity index (χ1) is 8.38. The predicted molar refractivity (Wildman–Crippen MR) is 86.1 cm³/mol. The van der Waals surface area contributed by atoms with Gasteiger partial charge in [-0.3, -0.25) is 0 Å². The van der Waals surface area contributed by atoms with Gasteiger partial charge in [-0.15, -0.1) is 0 Å². The van der Waals surface area contributed by atoms with Gasteiger partial charge >= 0.3 is 0 Å². The van der Waals surface area contributed by atoms with Crippen LogP contribution in [-0.2, 0) is 19.9 Å². The number of hydrogen-bond acceptors (Lipinski definition) is 4. The lowest BCUT2D eigenvalue weighted by Crippen LogP contribution is -2.37. The van der Waals surface area contributed by atoms with Crippen molar-refractivity contribution >= 4 is 19.9 Å². The minimum Gasteiger partial charge on any atom is -0.228 e. The standard InChI is InChI=1S/C8H19NO4S2.C5H12/c1-8(2,3)15(12,13)7-6-9(4)14(5,10)11;1-5(2,3)4/h6-7H2,1-5H3;1-4H3. The van der Waals surface area contributed by atoms with Crippen molar-refractivity contribution in [1.82, 2.24) is 4.31 Å². The fraction of sp³-hybridized carbons (Fsp3) is 1.00. The fourth-order valence-corrected chi connectivity index (χ4v) is 2.39. The van der Waals surface area contributed by atoms with Crippen molar-refractivity contribution in [1.29, 1.82) is 0 Å². The predicted octanol–water partition coefficient (Wildman–Crippen LogP) is 2.14. The van der Waals surface area contributed by atoms with E-state index >= 15 is 0 Å². The molecule has 0 unspecified atom stereocenters. The van der Waals surface area contributed by atoms with E-state index in [4.69, 9.17) is 0 Å². The van der Waals surface area contributed by atoms with Gasteiger partial charge in [0, 0.05) is 13.6 Å². The number of sulfone groups is 1. The summed E-state index contributed by atoms with van der Waals surface area (Å²) < 4.78 is 45.6. The van der Waals surface area contributed by atoms with Crippen LogP contribution in [0.1, 0.15) is 48.5 Å². The van der Waals surface area contributed by atoms with E-state index in [1.807, 2.05) is 0 Å². The number of rotatable bonds is 4. The van der Waals surface area contributed by atoms with Crippen LogP contribution in [0.25, 0.3) is 0 Å². The second-order valence-corrected chi connectivity index (χ2v) is 12.5. The largest absolute Gasteiger partial charge is 0.228 e. The van der Waals surface area contributed by atoms with Gasteiger partial charge in [-0.05, 0) is 26.2 Å². The Morgan fingerprint density at radius 1 is 0.850 bits per heavy atom. The summed E-state index contributed by atoms with van der Waals surface area (Å²) in [7, 11) is -5.19. The normalized spacial score (nSPS) is 13.9. The maximum Gasteiger partial charge on any atom is 0.210 e. The Labute approximate surface area is 125 Å². The molecule has 0 aliphatic heterocycles. The van der Waals surface area contributed by atoms with Crippen LogP contribution in [0, 0.1) is 5.41 Å². The average molecular weight is 330 g/mol. The molecule has 0 aliphatic rings. The molecule has 7 heteroatoms. The first-order valence-corrected chi connectivity index (χ1v) is 10.0. The SMILES string of the molecule is CC(C)(C)C.CN(CCS(=O)(=O)C(C)(C)C)S(C)(=O)=O. The summed E-state index contributed by atoms with van der Waals surface area (Å²) in [4.78, 5) is 0. The molecular formula is C13H31NO4S2. The molecule has 0 heterocycles. The van der Waals surface area contributed by atoms with Crippen molar-refractivity contribution in [3.05, 3.63) is 0 Å². The minimum absolute atomic E-state index is 0.00155. The van der Waals surface area contributed by atoms with Gasteiger partial charge in [0.05, 0.1) is 16.8 Å². The van der Waals surface area contributed by atoms with Gasteiger partial charge in [0.25, 0.3) is 0 Å². The zero-order valence-electron chi connectivity index (χ0n) is 14.3. The molecule has 0 aromatic carbocycles. The molecule has 0 atom stereocenters. The Bertz CT molecular complexity index is 473. The zero-order valence-corrected chi connectivity index (χ0v) is 15.9. The van der Waals surface area contributed by atoms with Crippen LogP contribution in [-0.4, -0.2) is 51.5 Å². The Morgan fingerprint density at radius 2 is 1.15 bits per heavy atom. The summed E-state index contributed by atoms with van der Waals surface area (Å²) in [5.74, 6) is -0.153. The van der Waals surface area contributed by atoms with Gasteiger partial charge in [-0.2, -0.15) is 0 Å². The van der Waals surface area contributed by atoms with Crippen LogP contribution >= 0.6 is 0 Å². The molecular weight excluding hydrogens is 298 g/mol. The zero-order chi connectivity index (χ0) is 17.0. The van der Waals surface area contributed by atoms with Gasteiger partial charge in [-0.1, -0.05) is 27.7 Å². The highest BCUT2D eigenvalue weighted by Gasteiger charge is 2.29. The molecule has 0 saturated carbocycles. The fourth-order valence-electron chi connectivity index (χ4n) is 0.721.